The fourth-order valence-electron chi connectivity index (χ4n) is 2.61. The molecule has 2 fully saturated rings. The monoisotopic (exact) mass is 278 g/mol. The second-order valence-electron chi connectivity index (χ2n) is 5.04. The van der Waals surface area contributed by atoms with Gasteiger partial charge in [0, 0.05) is 18.2 Å². The second-order valence-corrected chi connectivity index (χ2v) is 6.07. The van der Waals surface area contributed by atoms with E-state index in [1.54, 1.807) is 11.8 Å². The van der Waals surface area contributed by atoms with Crippen LogP contribution in [0.15, 0.2) is 0 Å². The first-order valence-electron chi connectivity index (χ1n) is 6.36. The highest BCUT2D eigenvalue weighted by Gasteiger charge is 2.25. The Labute approximate surface area is 114 Å². The van der Waals surface area contributed by atoms with Crippen LogP contribution in [0, 0.1) is 11.8 Å². The topological polar surface area (TPSA) is 41.1 Å². The van der Waals surface area contributed by atoms with Crippen molar-refractivity contribution in [2.24, 2.45) is 11.8 Å². The fraction of sp³-hybridized carbons (Fsp3) is 0.917. The maximum absolute atomic E-state index is 11.8. The van der Waals surface area contributed by atoms with Gasteiger partial charge < -0.3 is 5.32 Å². The summed E-state index contributed by atoms with van der Waals surface area (Å²) in [5.41, 5.74) is 0. The van der Waals surface area contributed by atoms with Gasteiger partial charge in [-0.2, -0.15) is 0 Å². The minimum Gasteiger partial charge on any atom is -0.354 e. The minimum absolute atomic E-state index is 0. The lowest BCUT2D eigenvalue weighted by molar-refractivity contribution is -0.122. The van der Waals surface area contributed by atoms with Crippen molar-refractivity contribution in [1.29, 1.82) is 0 Å². The van der Waals surface area contributed by atoms with Gasteiger partial charge >= 0.3 is 0 Å². The Hall–Kier alpha value is 0.0700. The maximum Gasteiger partial charge on any atom is 0.238 e. The first-order valence-corrected chi connectivity index (χ1v) is 7.51. The number of amides is 1. The molecule has 1 aliphatic heterocycles. The molecule has 3 unspecified atom stereocenters. The van der Waals surface area contributed by atoms with E-state index in [0.29, 0.717) is 5.92 Å². The smallest absolute Gasteiger partial charge is 0.238 e. The molecule has 3 atom stereocenters. The van der Waals surface area contributed by atoms with E-state index in [0.717, 1.165) is 24.1 Å². The molecular formula is C12H23ClN2OS. The SMILES string of the molecule is CC1CCCCC1CNC(=O)C1CSCN1.Cl. The summed E-state index contributed by atoms with van der Waals surface area (Å²) in [6.07, 6.45) is 5.32. The van der Waals surface area contributed by atoms with E-state index in [4.69, 9.17) is 0 Å². The van der Waals surface area contributed by atoms with Gasteiger partial charge in [-0.1, -0.05) is 26.2 Å². The Bertz CT molecular complexity index is 247. The van der Waals surface area contributed by atoms with Crippen LogP contribution in [0.1, 0.15) is 32.6 Å². The second kappa shape index (κ2) is 7.49. The summed E-state index contributed by atoms with van der Waals surface area (Å²) in [6.45, 7) is 3.20. The van der Waals surface area contributed by atoms with Gasteiger partial charge in [0.2, 0.25) is 5.91 Å². The lowest BCUT2D eigenvalue weighted by Gasteiger charge is -2.29. The molecule has 0 bridgehead atoms. The molecule has 100 valence electrons. The first-order chi connectivity index (χ1) is 7.77. The zero-order valence-electron chi connectivity index (χ0n) is 10.4. The third-order valence-corrected chi connectivity index (χ3v) is 4.80. The summed E-state index contributed by atoms with van der Waals surface area (Å²) < 4.78 is 0. The lowest BCUT2D eigenvalue weighted by atomic mass is 9.80. The number of nitrogens with one attached hydrogen (secondary N) is 2. The number of rotatable bonds is 3. The van der Waals surface area contributed by atoms with Crippen LogP contribution in [0.4, 0.5) is 0 Å². The number of carbonyl (C=O) groups is 1. The molecule has 0 spiro atoms. The van der Waals surface area contributed by atoms with Crippen molar-refractivity contribution in [2.45, 2.75) is 38.6 Å². The molecule has 1 amide bonds. The first kappa shape index (κ1) is 15.1. The molecule has 0 radical (unpaired) electrons. The third kappa shape index (κ3) is 4.34. The highest BCUT2D eigenvalue weighted by atomic mass is 35.5. The van der Waals surface area contributed by atoms with Crippen molar-refractivity contribution in [3.63, 3.8) is 0 Å². The van der Waals surface area contributed by atoms with Gasteiger partial charge in [-0.15, -0.1) is 24.2 Å². The molecule has 1 aliphatic carbocycles. The Balaban J connectivity index is 0.00000144. The van der Waals surface area contributed by atoms with Crippen molar-refractivity contribution in [1.82, 2.24) is 10.6 Å². The number of hydrogen-bond acceptors (Lipinski definition) is 3. The summed E-state index contributed by atoms with van der Waals surface area (Å²) in [6, 6.07) is 0.0453. The largest absolute Gasteiger partial charge is 0.354 e. The number of thioether (sulfide) groups is 1. The average Bonchev–Trinajstić information content (AvgIpc) is 2.81. The highest BCUT2D eigenvalue weighted by molar-refractivity contribution is 7.99. The molecule has 1 heterocycles. The average molecular weight is 279 g/mol. The van der Waals surface area contributed by atoms with E-state index in [2.05, 4.69) is 17.6 Å². The van der Waals surface area contributed by atoms with Crippen molar-refractivity contribution in [2.75, 3.05) is 18.2 Å². The molecule has 2 N–H and O–H groups in total. The van der Waals surface area contributed by atoms with Gasteiger partial charge in [0.1, 0.15) is 0 Å². The van der Waals surface area contributed by atoms with Gasteiger partial charge in [0.15, 0.2) is 0 Å². The van der Waals surface area contributed by atoms with E-state index in [-0.39, 0.29) is 24.4 Å². The molecule has 17 heavy (non-hydrogen) atoms. The van der Waals surface area contributed by atoms with E-state index in [1.807, 2.05) is 0 Å². The van der Waals surface area contributed by atoms with Crippen molar-refractivity contribution in [3.8, 4) is 0 Å². The van der Waals surface area contributed by atoms with Crippen LogP contribution in [0.5, 0.6) is 0 Å². The Morgan fingerprint density at radius 1 is 1.41 bits per heavy atom. The standard InChI is InChI=1S/C12H22N2OS.ClH/c1-9-4-2-3-5-10(9)6-13-12(15)11-7-16-8-14-11;/h9-11,14H,2-8H2,1H3,(H,13,15);1H. The van der Waals surface area contributed by atoms with Crippen LogP contribution < -0.4 is 10.6 Å². The highest BCUT2D eigenvalue weighted by Crippen LogP contribution is 2.28. The summed E-state index contributed by atoms with van der Waals surface area (Å²) >= 11 is 1.80. The predicted molar refractivity (Wildman–Crippen MR) is 75.6 cm³/mol. The van der Waals surface area contributed by atoms with E-state index < -0.39 is 0 Å². The zero-order valence-corrected chi connectivity index (χ0v) is 12.0. The normalized spacial score (nSPS) is 32.9. The molecule has 0 aromatic rings. The quantitative estimate of drug-likeness (QED) is 0.830. The van der Waals surface area contributed by atoms with Crippen LogP contribution in [0.2, 0.25) is 0 Å². The van der Waals surface area contributed by atoms with E-state index in [9.17, 15) is 4.79 Å². The van der Waals surface area contributed by atoms with Crippen LogP contribution in [0.25, 0.3) is 0 Å². The molecule has 3 nitrogen and oxygen atoms in total. The summed E-state index contributed by atoms with van der Waals surface area (Å²) in [7, 11) is 0. The van der Waals surface area contributed by atoms with Crippen LogP contribution in [-0.4, -0.2) is 30.1 Å². The van der Waals surface area contributed by atoms with Crippen molar-refractivity contribution >= 4 is 30.1 Å². The summed E-state index contributed by atoms with van der Waals surface area (Å²) in [4.78, 5) is 11.8. The molecular weight excluding hydrogens is 256 g/mol. The third-order valence-electron chi connectivity index (χ3n) is 3.86. The maximum atomic E-state index is 11.8. The molecule has 1 saturated carbocycles. The van der Waals surface area contributed by atoms with Crippen molar-refractivity contribution < 1.29 is 4.79 Å². The van der Waals surface area contributed by atoms with Gasteiger partial charge in [-0.25, -0.2) is 0 Å². The Morgan fingerprint density at radius 2 is 2.18 bits per heavy atom. The van der Waals surface area contributed by atoms with Crippen LogP contribution in [0.3, 0.4) is 0 Å². The van der Waals surface area contributed by atoms with Crippen LogP contribution in [-0.2, 0) is 4.79 Å². The lowest BCUT2D eigenvalue weighted by Crippen LogP contribution is -2.44. The molecule has 0 aromatic carbocycles. The number of carbonyl (C=O) groups excluding carboxylic acids is 1. The number of halogens is 1. The zero-order chi connectivity index (χ0) is 11.4. The van der Waals surface area contributed by atoms with Gasteiger partial charge in [-0.3, -0.25) is 10.1 Å². The molecule has 5 heteroatoms. The molecule has 0 aromatic heterocycles. The number of hydrogen-bond donors (Lipinski definition) is 2. The van der Waals surface area contributed by atoms with Gasteiger partial charge in [0.25, 0.3) is 0 Å². The minimum atomic E-state index is 0. The summed E-state index contributed by atoms with van der Waals surface area (Å²) in [5.74, 6) is 3.51. The van der Waals surface area contributed by atoms with Gasteiger partial charge in [0.05, 0.1) is 6.04 Å². The molecule has 2 rings (SSSR count). The Kier molecular flexibility index (Phi) is 6.67. The van der Waals surface area contributed by atoms with E-state index in [1.165, 1.54) is 25.7 Å². The fourth-order valence-corrected chi connectivity index (χ4v) is 3.56. The van der Waals surface area contributed by atoms with Crippen LogP contribution >= 0.6 is 24.2 Å². The summed E-state index contributed by atoms with van der Waals surface area (Å²) in [5, 5.41) is 6.32. The van der Waals surface area contributed by atoms with Gasteiger partial charge in [-0.05, 0) is 18.3 Å². The van der Waals surface area contributed by atoms with Crippen molar-refractivity contribution in [3.05, 3.63) is 0 Å². The molecule has 1 saturated heterocycles. The Morgan fingerprint density at radius 3 is 2.82 bits per heavy atom. The van der Waals surface area contributed by atoms with E-state index >= 15 is 0 Å². The molecule has 2 aliphatic rings. The predicted octanol–water partition coefficient (Wildman–Crippen LogP) is 2.01.